The van der Waals surface area contributed by atoms with Gasteiger partial charge in [-0.2, -0.15) is 5.10 Å². The Bertz CT molecular complexity index is 881. The highest BCUT2D eigenvalue weighted by Gasteiger charge is 2.08. The van der Waals surface area contributed by atoms with Crippen LogP contribution in [0.1, 0.15) is 25.3 Å². The van der Waals surface area contributed by atoms with E-state index in [1.807, 2.05) is 6.07 Å². The lowest BCUT2D eigenvalue weighted by Crippen LogP contribution is -2.21. The van der Waals surface area contributed by atoms with E-state index in [-0.39, 0.29) is 24.4 Å². The lowest BCUT2D eigenvalue weighted by molar-refractivity contribution is -0.384. The number of nitrogens with one attached hydrogen (secondary N) is 2. The highest BCUT2D eigenvalue weighted by molar-refractivity contribution is 9.10. The molecule has 2 aromatic rings. The maximum Gasteiger partial charge on any atom is 0.269 e. The van der Waals surface area contributed by atoms with Gasteiger partial charge in [0, 0.05) is 35.1 Å². The second-order valence-corrected chi connectivity index (χ2v) is 6.51. The van der Waals surface area contributed by atoms with Gasteiger partial charge in [0.1, 0.15) is 0 Å². The van der Waals surface area contributed by atoms with E-state index >= 15 is 0 Å². The SMILES string of the molecule is C/C(=N/NC(=O)CCC(=O)Nc1cccc(Br)c1)c1ccc([N+](=O)[O-])cc1. The van der Waals surface area contributed by atoms with Crippen molar-refractivity contribution in [2.75, 3.05) is 5.32 Å². The van der Waals surface area contributed by atoms with Gasteiger partial charge in [0.25, 0.3) is 5.69 Å². The van der Waals surface area contributed by atoms with Crippen LogP contribution in [0.3, 0.4) is 0 Å². The van der Waals surface area contributed by atoms with Crippen LogP contribution >= 0.6 is 15.9 Å². The number of nitro groups is 1. The topological polar surface area (TPSA) is 114 Å². The van der Waals surface area contributed by atoms with Crippen LogP contribution in [0.4, 0.5) is 11.4 Å². The van der Waals surface area contributed by atoms with Gasteiger partial charge in [-0.15, -0.1) is 0 Å². The van der Waals surface area contributed by atoms with E-state index in [1.54, 1.807) is 37.3 Å². The van der Waals surface area contributed by atoms with Crippen LogP contribution in [-0.2, 0) is 9.59 Å². The van der Waals surface area contributed by atoms with Crippen LogP contribution in [0.25, 0.3) is 0 Å². The minimum absolute atomic E-state index is 0.0170. The molecule has 0 fully saturated rings. The fraction of sp³-hybridized carbons (Fsp3) is 0.167. The third-order valence-electron chi connectivity index (χ3n) is 3.53. The molecule has 0 aliphatic heterocycles. The lowest BCUT2D eigenvalue weighted by Gasteiger charge is -2.06. The third kappa shape index (κ3) is 6.63. The summed E-state index contributed by atoms with van der Waals surface area (Å²) in [6, 6.07) is 13.0. The second-order valence-electron chi connectivity index (χ2n) is 5.59. The molecule has 27 heavy (non-hydrogen) atoms. The zero-order valence-electron chi connectivity index (χ0n) is 14.4. The van der Waals surface area contributed by atoms with Crippen LogP contribution < -0.4 is 10.7 Å². The largest absolute Gasteiger partial charge is 0.326 e. The molecule has 0 aliphatic rings. The van der Waals surface area contributed by atoms with E-state index < -0.39 is 10.8 Å². The minimum atomic E-state index is -0.489. The summed E-state index contributed by atoms with van der Waals surface area (Å²) in [4.78, 5) is 33.9. The number of benzene rings is 2. The fourth-order valence-corrected chi connectivity index (χ4v) is 2.51. The van der Waals surface area contributed by atoms with Crippen molar-refractivity contribution in [1.82, 2.24) is 5.43 Å². The standard InChI is InChI=1S/C18H17BrN4O4/c1-12(13-5-7-16(8-6-13)23(26)27)21-22-18(25)10-9-17(24)20-15-4-2-3-14(19)11-15/h2-8,11H,9-10H2,1H3,(H,20,24)(H,22,25)/b21-12-. The molecule has 8 nitrogen and oxygen atoms in total. The summed E-state index contributed by atoms with van der Waals surface area (Å²) in [6.07, 6.45) is 0.00131. The van der Waals surface area contributed by atoms with E-state index in [9.17, 15) is 19.7 Å². The Balaban J connectivity index is 1.81. The zero-order valence-corrected chi connectivity index (χ0v) is 16.0. The number of halogens is 1. The molecular formula is C18H17BrN4O4. The minimum Gasteiger partial charge on any atom is -0.326 e. The first-order chi connectivity index (χ1) is 12.8. The molecule has 0 heterocycles. The van der Waals surface area contributed by atoms with Gasteiger partial charge >= 0.3 is 0 Å². The molecule has 0 atom stereocenters. The number of nitro benzene ring substituents is 1. The third-order valence-corrected chi connectivity index (χ3v) is 4.02. The van der Waals surface area contributed by atoms with E-state index in [0.29, 0.717) is 17.0 Å². The summed E-state index contributed by atoms with van der Waals surface area (Å²) in [6.45, 7) is 1.67. The maximum absolute atomic E-state index is 11.9. The molecule has 0 spiro atoms. The lowest BCUT2D eigenvalue weighted by atomic mass is 10.1. The summed E-state index contributed by atoms with van der Waals surface area (Å²) in [7, 11) is 0. The Labute approximate surface area is 163 Å². The van der Waals surface area contributed by atoms with E-state index in [2.05, 4.69) is 31.8 Å². The van der Waals surface area contributed by atoms with Gasteiger partial charge in [-0.3, -0.25) is 19.7 Å². The van der Waals surface area contributed by atoms with Crippen molar-refractivity contribution in [3.05, 3.63) is 68.7 Å². The molecule has 2 N–H and O–H groups in total. The van der Waals surface area contributed by atoms with E-state index in [4.69, 9.17) is 0 Å². The van der Waals surface area contributed by atoms with Crippen molar-refractivity contribution in [3.8, 4) is 0 Å². The van der Waals surface area contributed by atoms with Gasteiger partial charge in [0.15, 0.2) is 0 Å². The van der Waals surface area contributed by atoms with Gasteiger partial charge in [-0.1, -0.05) is 22.0 Å². The summed E-state index contributed by atoms with van der Waals surface area (Å²) in [5, 5.41) is 17.3. The van der Waals surface area contributed by atoms with Crippen LogP contribution in [-0.4, -0.2) is 22.4 Å². The van der Waals surface area contributed by atoms with Gasteiger partial charge in [0.2, 0.25) is 11.8 Å². The van der Waals surface area contributed by atoms with Gasteiger partial charge in [-0.05, 0) is 42.8 Å². The summed E-state index contributed by atoms with van der Waals surface area (Å²) < 4.78 is 0.842. The van der Waals surface area contributed by atoms with Crippen LogP contribution in [0.2, 0.25) is 0 Å². The number of rotatable bonds is 7. The van der Waals surface area contributed by atoms with Crippen LogP contribution in [0.15, 0.2) is 58.1 Å². The molecule has 0 aliphatic carbocycles. The fourth-order valence-electron chi connectivity index (χ4n) is 2.11. The second kappa shape index (κ2) is 9.58. The zero-order chi connectivity index (χ0) is 19.8. The highest BCUT2D eigenvalue weighted by atomic mass is 79.9. The number of carbonyl (C=O) groups is 2. The summed E-state index contributed by atoms with van der Waals surface area (Å²) in [5.41, 5.74) is 4.14. The maximum atomic E-state index is 11.9. The quantitative estimate of drug-likeness (QED) is 0.394. The monoisotopic (exact) mass is 432 g/mol. The molecule has 2 amide bonds. The van der Waals surface area contributed by atoms with Crippen molar-refractivity contribution in [1.29, 1.82) is 0 Å². The van der Waals surface area contributed by atoms with Gasteiger partial charge in [-0.25, -0.2) is 5.43 Å². The predicted molar refractivity (Wildman–Crippen MR) is 105 cm³/mol. The van der Waals surface area contributed by atoms with Gasteiger partial charge < -0.3 is 5.32 Å². The smallest absolute Gasteiger partial charge is 0.269 e. The first-order valence-electron chi connectivity index (χ1n) is 7.98. The molecule has 2 aromatic carbocycles. The first kappa shape index (κ1) is 20.2. The van der Waals surface area contributed by atoms with Crippen molar-refractivity contribution in [2.24, 2.45) is 5.10 Å². The summed E-state index contributed by atoms with van der Waals surface area (Å²) >= 11 is 3.32. The van der Waals surface area contributed by atoms with Gasteiger partial charge in [0.05, 0.1) is 10.6 Å². The van der Waals surface area contributed by atoms with Crippen molar-refractivity contribution in [3.63, 3.8) is 0 Å². The normalized spacial score (nSPS) is 11.0. The highest BCUT2D eigenvalue weighted by Crippen LogP contribution is 2.16. The number of nitrogens with zero attached hydrogens (tertiary/aromatic N) is 2. The number of amides is 2. The predicted octanol–water partition coefficient (Wildman–Crippen LogP) is 3.62. The number of hydrazone groups is 1. The Hall–Kier alpha value is -3.07. The van der Waals surface area contributed by atoms with Crippen LogP contribution in [0, 0.1) is 10.1 Å². The molecule has 0 saturated carbocycles. The van der Waals surface area contributed by atoms with Crippen molar-refractivity contribution >= 4 is 44.8 Å². The Morgan fingerprint density at radius 1 is 1.11 bits per heavy atom. The average molecular weight is 433 g/mol. The molecule has 0 unspecified atom stereocenters. The molecule has 0 saturated heterocycles. The Morgan fingerprint density at radius 3 is 2.41 bits per heavy atom. The number of anilines is 1. The molecule has 140 valence electrons. The first-order valence-corrected chi connectivity index (χ1v) is 8.78. The van der Waals surface area contributed by atoms with E-state index in [1.165, 1.54) is 12.1 Å². The van der Waals surface area contributed by atoms with E-state index in [0.717, 1.165) is 4.47 Å². The van der Waals surface area contributed by atoms with Crippen molar-refractivity contribution < 1.29 is 14.5 Å². The van der Waals surface area contributed by atoms with Crippen molar-refractivity contribution in [2.45, 2.75) is 19.8 Å². The molecular weight excluding hydrogens is 416 g/mol. The molecule has 9 heteroatoms. The number of hydrogen-bond acceptors (Lipinski definition) is 5. The summed E-state index contributed by atoms with van der Waals surface area (Å²) in [5.74, 6) is -0.681. The molecule has 2 rings (SSSR count). The van der Waals surface area contributed by atoms with Crippen LogP contribution in [0.5, 0.6) is 0 Å². The number of non-ortho nitro benzene ring substituents is 1. The Kier molecular flexibility index (Phi) is 7.18. The molecule has 0 bridgehead atoms. The molecule has 0 aromatic heterocycles. The number of carbonyl (C=O) groups excluding carboxylic acids is 2. The molecule has 0 radical (unpaired) electrons. The average Bonchev–Trinajstić information content (AvgIpc) is 2.64. The number of hydrogen-bond donors (Lipinski definition) is 2. The Morgan fingerprint density at radius 2 is 1.78 bits per heavy atom.